The van der Waals surface area contributed by atoms with Crippen LogP contribution in [0.15, 0.2) is 27.1 Å². The molecule has 138 valence electrons. The summed E-state index contributed by atoms with van der Waals surface area (Å²) in [5.41, 5.74) is 0. The number of hydrogen-bond donors (Lipinski definition) is 1. The van der Waals surface area contributed by atoms with Crippen molar-refractivity contribution in [2.75, 3.05) is 38.0 Å². The van der Waals surface area contributed by atoms with Gasteiger partial charge in [0.1, 0.15) is 10.7 Å². The summed E-state index contributed by atoms with van der Waals surface area (Å²) >= 11 is 0. The van der Waals surface area contributed by atoms with Gasteiger partial charge in [0.15, 0.2) is 11.6 Å². The average Bonchev–Trinajstić information content (AvgIpc) is 3.24. The molecule has 0 unspecified atom stereocenters. The van der Waals surface area contributed by atoms with Crippen LogP contribution in [0.3, 0.4) is 0 Å². The Bertz CT molecular complexity index is 820. The molecule has 0 aliphatic carbocycles. The molecule has 11 nitrogen and oxygen atoms in total. The first-order chi connectivity index (χ1) is 12.4. The first kappa shape index (κ1) is 17.6. The Morgan fingerprint density at radius 2 is 2.04 bits per heavy atom. The summed E-state index contributed by atoms with van der Waals surface area (Å²) in [5.74, 6) is -0.192. The van der Waals surface area contributed by atoms with Crippen molar-refractivity contribution in [3.05, 3.63) is 39.8 Å². The molecule has 0 spiro atoms. The normalized spacial score (nSPS) is 15.0. The summed E-state index contributed by atoms with van der Waals surface area (Å²) in [5, 5.41) is 17.0. The van der Waals surface area contributed by atoms with Gasteiger partial charge in [-0.25, -0.2) is 0 Å². The molecule has 1 N–H and O–H groups in total. The molecule has 2 aromatic heterocycles. The van der Waals surface area contributed by atoms with E-state index in [1.165, 1.54) is 11.0 Å². The molecular weight excluding hydrogens is 346 g/mol. The predicted octanol–water partition coefficient (Wildman–Crippen LogP) is 0.881. The van der Waals surface area contributed by atoms with Crippen LogP contribution in [0.4, 0.5) is 11.7 Å². The maximum absolute atomic E-state index is 12.3. The molecule has 1 saturated heterocycles. The number of aromatic nitrogens is 1. The van der Waals surface area contributed by atoms with Crippen LogP contribution in [0.2, 0.25) is 0 Å². The zero-order valence-electron chi connectivity index (χ0n) is 14.0. The number of carbonyl (C=O) groups excluding carboxylic acids is 2. The third-order valence-corrected chi connectivity index (χ3v) is 3.90. The third-order valence-electron chi connectivity index (χ3n) is 3.90. The second-order valence-electron chi connectivity index (χ2n) is 5.83. The number of nitrogens with one attached hydrogen (secondary N) is 1. The number of piperazine rings is 1. The SMILES string of the molecule is Cc1cc(NC(=O)CN2CCN(C(=O)c3ccc([N+](=O)[O-])o3)CC2)no1. The Kier molecular flexibility index (Phi) is 4.98. The lowest BCUT2D eigenvalue weighted by Crippen LogP contribution is -2.50. The van der Waals surface area contributed by atoms with E-state index in [0.29, 0.717) is 37.8 Å². The first-order valence-electron chi connectivity index (χ1n) is 7.91. The molecule has 11 heteroatoms. The molecule has 0 bridgehead atoms. The van der Waals surface area contributed by atoms with Gasteiger partial charge in [-0.05, 0) is 13.0 Å². The van der Waals surface area contributed by atoms with E-state index >= 15 is 0 Å². The number of nitrogens with zero attached hydrogens (tertiary/aromatic N) is 4. The summed E-state index contributed by atoms with van der Waals surface area (Å²) in [6.07, 6.45) is 0. The molecule has 0 aromatic carbocycles. The average molecular weight is 363 g/mol. The van der Waals surface area contributed by atoms with E-state index < -0.39 is 16.7 Å². The number of nitro groups is 1. The summed E-state index contributed by atoms with van der Waals surface area (Å²) in [6.45, 7) is 3.68. The Morgan fingerprint density at radius 1 is 1.31 bits per heavy atom. The van der Waals surface area contributed by atoms with E-state index in [2.05, 4.69) is 10.5 Å². The first-order valence-corrected chi connectivity index (χ1v) is 7.91. The fraction of sp³-hybridized carbons (Fsp3) is 0.400. The monoisotopic (exact) mass is 363 g/mol. The van der Waals surface area contributed by atoms with Crippen LogP contribution in [0, 0.1) is 17.0 Å². The van der Waals surface area contributed by atoms with Gasteiger partial charge in [0, 0.05) is 32.2 Å². The van der Waals surface area contributed by atoms with E-state index in [1.54, 1.807) is 13.0 Å². The van der Waals surface area contributed by atoms with Crippen molar-refractivity contribution in [2.45, 2.75) is 6.92 Å². The highest BCUT2D eigenvalue weighted by Crippen LogP contribution is 2.18. The lowest BCUT2D eigenvalue weighted by molar-refractivity contribution is -0.402. The molecule has 2 amide bonds. The van der Waals surface area contributed by atoms with Gasteiger partial charge < -0.3 is 19.2 Å². The zero-order chi connectivity index (χ0) is 18.7. The van der Waals surface area contributed by atoms with Crippen LogP contribution in [-0.4, -0.2) is 64.4 Å². The number of carbonyl (C=O) groups is 2. The van der Waals surface area contributed by atoms with Gasteiger partial charge in [0.25, 0.3) is 5.91 Å². The second-order valence-corrected chi connectivity index (χ2v) is 5.83. The molecular formula is C15H17N5O6. The molecule has 1 fully saturated rings. The molecule has 1 aliphatic rings. The van der Waals surface area contributed by atoms with E-state index in [1.807, 2.05) is 4.90 Å². The molecule has 0 saturated carbocycles. The zero-order valence-corrected chi connectivity index (χ0v) is 14.0. The number of anilines is 1. The predicted molar refractivity (Wildman–Crippen MR) is 87.6 cm³/mol. The van der Waals surface area contributed by atoms with Crippen molar-refractivity contribution >= 4 is 23.5 Å². The van der Waals surface area contributed by atoms with E-state index in [-0.39, 0.29) is 18.2 Å². The van der Waals surface area contributed by atoms with Gasteiger partial charge in [0.2, 0.25) is 5.91 Å². The van der Waals surface area contributed by atoms with Crippen molar-refractivity contribution < 1.29 is 23.5 Å². The maximum atomic E-state index is 12.3. The van der Waals surface area contributed by atoms with Gasteiger partial charge in [-0.2, -0.15) is 0 Å². The van der Waals surface area contributed by atoms with Gasteiger partial charge in [0.05, 0.1) is 12.6 Å². The van der Waals surface area contributed by atoms with E-state index in [4.69, 9.17) is 8.94 Å². The third kappa shape index (κ3) is 4.06. The van der Waals surface area contributed by atoms with Gasteiger partial charge >= 0.3 is 5.88 Å². The van der Waals surface area contributed by atoms with Crippen molar-refractivity contribution in [3.8, 4) is 0 Å². The number of amides is 2. The lowest BCUT2D eigenvalue weighted by Gasteiger charge is -2.33. The summed E-state index contributed by atoms with van der Waals surface area (Å²) in [7, 11) is 0. The molecule has 26 heavy (non-hydrogen) atoms. The molecule has 3 heterocycles. The minimum Gasteiger partial charge on any atom is -0.395 e. The molecule has 3 rings (SSSR count). The van der Waals surface area contributed by atoms with Crippen molar-refractivity contribution in [1.82, 2.24) is 15.0 Å². The van der Waals surface area contributed by atoms with Crippen LogP contribution in [0.25, 0.3) is 0 Å². The molecule has 2 aromatic rings. The number of hydrogen-bond acceptors (Lipinski definition) is 8. The highest BCUT2D eigenvalue weighted by atomic mass is 16.6. The molecule has 0 atom stereocenters. The van der Waals surface area contributed by atoms with Crippen LogP contribution >= 0.6 is 0 Å². The smallest absolute Gasteiger partial charge is 0.395 e. The lowest BCUT2D eigenvalue weighted by atomic mass is 10.3. The summed E-state index contributed by atoms with van der Waals surface area (Å²) in [6, 6.07) is 4.07. The van der Waals surface area contributed by atoms with Crippen molar-refractivity contribution in [2.24, 2.45) is 0 Å². The summed E-state index contributed by atoms with van der Waals surface area (Å²) < 4.78 is 9.82. The standard InChI is InChI=1S/C15H17N5O6/c1-10-8-12(17-26-10)16-13(21)9-18-4-6-19(7-5-18)15(22)11-2-3-14(25-11)20(23)24/h2-3,8H,4-7,9H2,1H3,(H,16,17,21). The molecule has 0 radical (unpaired) electrons. The maximum Gasteiger partial charge on any atom is 0.433 e. The minimum atomic E-state index is -0.691. The van der Waals surface area contributed by atoms with Gasteiger partial charge in [-0.1, -0.05) is 5.16 Å². The Labute approximate surface area is 147 Å². The highest BCUT2D eigenvalue weighted by Gasteiger charge is 2.26. The Hall–Kier alpha value is -3.21. The molecule has 1 aliphatic heterocycles. The largest absolute Gasteiger partial charge is 0.433 e. The van der Waals surface area contributed by atoms with Crippen molar-refractivity contribution in [1.29, 1.82) is 0 Å². The van der Waals surface area contributed by atoms with Crippen LogP contribution in [-0.2, 0) is 4.79 Å². The van der Waals surface area contributed by atoms with E-state index in [9.17, 15) is 19.7 Å². The van der Waals surface area contributed by atoms with Gasteiger partial charge in [-0.15, -0.1) is 0 Å². The van der Waals surface area contributed by atoms with Gasteiger partial charge in [-0.3, -0.25) is 24.6 Å². The number of rotatable bonds is 5. The Balaban J connectivity index is 1.48. The van der Waals surface area contributed by atoms with Crippen LogP contribution < -0.4 is 5.32 Å². The second kappa shape index (κ2) is 7.35. The number of aryl methyl sites for hydroxylation is 1. The highest BCUT2D eigenvalue weighted by molar-refractivity contribution is 5.92. The number of furan rings is 1. The van der Waals surface area contributed by atoms with Crippen LogP contribution in [0.5, 0.6) is 0 Å². The Morgan fingerprint density at radius 3 is 2.62 bits per heavy atom. The fourth-order valence-corrected chi connectivity index (χ4v) is 2.62. The van der Waals surface area contributed by atoms with Crippen molar-refractivity contribution in [3.63, 3.8) is 0 Å². The van der Waals surface area contributed by atoms with E-state index in [0.717, 1.165) is 6.07 Å². The summed E-state index contributed by atoms with van der Waals surface area (Å²) in [4.78, 5) is 37.7. The minimum absolute atomic E-state index is 0.0655. The van der Waals surface area contributed by atoms with Crippen LogP contribution in [0.1, 0.15) is 16.3 Å². The fourth-order valence-electron chi connectivity index (χ4n) is 2.62. The quantitative estimate of drug-likeness (QED) is 0.611. The topological polar surface area (TPSA) is 135 Å².